The summed E-state index contributed by atoms with van der Waals surface area (Å²) in [5.41, 5.74) is 5.84. The van der Waals surface area contributed by atoms with Crippen LogP contribution >= 0.6 is 45.1 Å². The van der Waals surface area contributed by atoms with E-state index in [0.717, 1.165) is 31.0 Å². The number of unbranched alkanes of at least 4 members (excludes halogenated alkanes) is 2. The molecule has 2 fully saturated rings. The van der Waals surface area contributed by atoms with Gasteiger partial charge in [-0.3, -0.25) is 19.4 Å². The molecule has 0 spiro atoms. The molecule has 1 unspecified atom stereocenters. The van der Waals surface area contributed by atoms with Gasteiger partial charge in [-0.15, -0.1) is 16.8 Å². The molecule has 2 N–H and O–H groups in total. The SMILES string of the molecule is C1CSSC1.CCCCCN=C(N)CCSC1CC(=O)N(OC(=O)CCSC(C)=O)C1=O. The van der Waals surface area contributed by atoms with Gasteiger partial charge in [0.2, 0.25) is 0 Å². The summed E-state index contributed by atoms with van der Waals surface area (Å²) >= 11 is 2.29. The molecule has 1 atom stereocenters. The third-order valence-electron chi connectivity index (χ3n) is 4.16. The predicted octanol–water partition coefficient (Wildman–Crippen LogP) is 3.68. The monoisotopic (exact) mass is 523 g/mol. The molecule has 0 aliphatic carbocycles. The standard InChI is InChI=1S/C17H27N3O5S2.C3H6S2/c1-3-4-5-8-19-14(18)6-9-27-13-11-15(22)20(17(13)24)25-16(23)7-10-26-12(2)21;1-2-4-5-3-1/h13H,3-11H2,1-2H3,(H2,18,19);1-3H2. The smallest absolute Gasteiger partial charge is 0.334 e. The first-order valence-electron chi connectivity index (χ1n) is 10.7. The molecule has 182 valence electrons. The Bertz CT molecular complexity index is 652. The van der Waals surface area contributed by atoms with E-state index in [-0.39, 0.29) is 23.7 Å². The van der Waals surface area contributed by atoms with Crippen LogP contribution in [0, 0.1) is 0 Å². The van der Waals surface area contributed by atoms with Crippen LogP contribution < -0.4 is 5.73 Å². The summed E-state index contributed by atoms with van der Waals surface area (Å²) in [6.45, 7) is 4.22. The van der Waals surface area contributed by atoms with Crippen LogP contribution in [0.5, 0.6) is 0 Å². The number of nitrogens with zero attached hydrogens (tertiary/aromatic N) is 2. The molecule has 2 heterocycles. The van der Waals surface area contributed by atoms with Gasteiger partial charge in [0.1, 0.15) is 0 Å². The largest absolute Gasteiger partial charge is 0.387 e. The zero-order valence-corrected chi connectivity index (χ0v) is 22.0. The Morgan fingerprint density at radius 1 is 1.19 bits per heavy atom. The zero-order chi connectivity index (χ0) is 23.8. The van der Waals surface area contributed by atoms with Crippen LogP contribution in [0.2, 0.25) is 0 Å². The summed E-state index contributed by atoms with van der Waals surface area (Å²) in [5, 5.41) is -0.147. The van der Waals surface area contributed by atoms with E-state index in [1.807, 2.05) is 21.6 Å². The lowest BCUT2D eigenvalue weighted by molar-refractivity contribution is -0.197. The zero-order valence-electron chi connectivity index (χ0n) is 18.7. The summed E-state index contributed by atoms with van der Waals surface area (Å²) in [4.78, 5) is 55.8. The lowest BCUT2D eigenvalue weighted by atomic mass is 10.2. The number of nitrogens with two attached hydrogens (primary N) is 1. The molecule has 2 aliphatic heterocycles. The first kappa shape index (κ1) is 29.2. The Morgan fingerprint density at radius 3 is 2.50 bits per heavy atom. The molecule has 12 heteroatoms. The van der Waals surface area contributed by atoms with Gasteiger partial charge in [-0.05, 0) is 12.8 Å². The number of carbonyl (C=O) groups excluding carboxylic acids is 4. The number of thioether (sulfide) groups is 2. The topological polar surface area (TPSA) is 119 Å². The summed E-state index contributed by atoms with van der Waals surface area (Å²) in [6.07, 6.45) is 5.15. The number of aliphatic imine (C=N–C) groups is 1. The van der Waals surface area contributed by atoms with E-state index in [2.05, 4.69) is 11.9 Å². The van der Waals surface area contributed by atoms with E-state index in [9.17, 15) is 19.2 Å². The number of hydrogen-bond acceptors (Lipinski definition) is 10. The first-order chi connectivity index (χ1) is 15.3. The molecule has 2 aliphatic rings. The lowest BCUT2D eigenvalue weighted by Crippen LogP contribution is -2.34. The van der Waals surface area contributed by atoms with Crippen molar-refractivity contribution in [2.75, 3.05) is 29.6 Å². The Balaban J connectivity index is 0.000000894. The van der Waals surface area contributed by atoms with Crippen LogP contribution in [0.1, 0.15) is 58.8 Å². The van der Waals surface area contributed by atoms with E-state index in [1.54, 1.807) is 0 Å². The molecule has 2 amide bonds. The normalized spacial score (nSPS) is 18.5. The summed E-state index contributed by atoms with van der Waals surface area (Å²) < 4.78 is 0. The van der Waals surface area contributed by atoms with Crippen molar-refractivity contribution in [1.29, 1.82) is 0 Å². The van der Waals surface area contributed by atoms with Crippen LogP contribution in [-0.2, 0) is 24.0 Å². The average Bonchev–Trinajstić information content (AvgIpc) is 3.40. The molecule has 0 radical (unpaired) electrons. The van der Waals surface area contributed by atoms with Gasteiger partial charge in [-0.25, -0.2) is 4.79 Å². The molecule has 0 bridgehead atoms. The second kappa shape index (κ2) is 17.6. The van der Waals surface area contributed by atoms with E-state index in [4.69, 9.17) is 10.6 Å². The van der Waals surface area contributed by atoms with Crippen LogP contribution in [0.25, 0.3) is 0 Å². The number of rotatable bonds is 12. The van der Waals surface area contributed by atoms with Crippen LogP contribution in [0.15, 0.2) is 4.99 Å². The second-order valence-corrected chi connectivity index (χ2v) is 12.3. The highest BCUT2D eigenvalue weighted by Gasteiger charge is 2.41. The molecule has 0 aromatic carbocycles. The Hall–Kier alpha value is -0.850. The van der Waals surface area contributed by atoms with Crippen LogP contribution in [0.4, 0.5) is 0 Å². The summed E-state index contributed by atoms with van der Waals surface area (Å²) in [7, 11) is 3.98. The number of hydroxylamine groups is 2. The fourth-order valence-electron chi connectivity index (χ4n) is 2.50. The van der Waals surface area contributed by atoms with Crippen molar-refractivity contribution in [3.8, 4) is 0 Å². The quantitative estimate of drug-likeness (QED) is 0.133. The predicted molar refractivity (Wildman–Crippen MR) is 137 cm³/mol. The minimum absolute atomic E-state index is 0.00742. The maximum absolute atomic E-state index is 12.2. The number of amides is 2. The molecule has 0 aromatic rings. The van der Waals surface area contributed by atoms with Crippen molar-refractivity contribution in [2.45, 2.75) is 64.0 Å². The van der Waals surface area contributed by atoms with Gasteiger partial charge in [-0.1, -0.05) is 53.1 Å². The number of imide groups is 1. The van der Waals surface area contributed by atoms with Crippen LogP contribution in [-0.4, -0.2) is 68.6 Å². The van der Waals surface area contributed by atoms with Crippen molar-refractivity contribution in [1.82, 2.24) is 5.06 Å². The van der Waals surface area contributed by atoms with Gasteiger partial charge < -0.3 is 10.6 Å². The fraction of sp³-hybridized carbons (Fsp3) is 0.750. The Morgan fingerprint density at radius 2 is 1.91 bits per heavy atom. The molecule has 8 nitrogen and oxygen atoms in total. The van der Waals surface area contributed by atoms with Gasteiger partial charge in [0, 0.05) is 42.9 Å². The van der Waals surface area contributed by atoms with Gasteiger partial charge in [-0.2, -0.15) is 0 Å². The molecule has 32 heavy (non-hydrogen) atoms. The molecule has 2 rings (SSSR count). The van der Waals surface area contributed by atoms with E-state index in [0.29, 0.717) is 29.6 Å². The van der Waals surface area contributed by atoms with Gasteiger partial charge in [0.05, 0.1) is 23.9 Å². The summed E-state index contributed by atoms with van der Waals surface area (Å²) in [5.74, 6) is 2.34. The number of amidine groups is 1. The van der Waals surface area contributed by atoms with Crippen LogP contribution in [0.3, 0.4) is 0 Å². The summed E-state index contributed by atoms with van der Waals surface area (Å²) in [6, 6.07) is 0. The van der Waals surface area contributed by atoms with Crippen molar-refractivity contribution in [3.63, 3.8) is 0 Å². The highest BCUT2D eigenvalue weighted by Crippen LogP contribution is 2.29. The highest BCUT2D eigenvalue weighted by molar-refractivity contribution is 8.77. The highest BCUT2D eigenvalue weighted by atomic mass is 33.1. The average molecular weight is 524 g/mol. The van der Waals surface area contributed by atoms with E-state index >= 15 is 0 Å². The molecular weight excluding hydrogens is 491 g/mol. The minimum atomic E-state index is -0.709. The minimum Gasteiger partial charge on any atom is -0.387 e. The Kier molecular flexibility index (Phi) is 16.1. The lowest BCUT2D eigenvalue weighted by Gasteiger charge is -2.13. The Labute approximate surface area is 206 Å². The van der Waals surface area contributed by atoms with E-state index < -0.39 is 23.0 Å². The molecule has 2 saturated heterocycles. The third kappa shape index (κ3) is 13.0. The van der Waals surface area contributed by atoms with Gasteiger partial charge in [0.25, 0.3) is 11.8 Å². The first-order valence-corrected chi connectivity index (χ1v) is 15.2. The maximum atomic E-state index is 12.2. The third-order valence-corrected chi connectivity index (χ3v) is 8.76. The fourth-order valence-corrected chi connectivity index (χ4v) is 6.52. The second-order valence-electron chi connectivity index (χ2n) is 6.97. The number of carbonyl (C=O) groups is 4. The van der Waals surface area contributed by atoms with Crippen molar-refractivity contribution in [3.05, 3.63) is 0 Å². The van der Waals surface area contributed by atoms with Crippen molar-refractivity contribution >= 4 is 73.8 Å². The molecule has 0 aromatic heterocycles. The van der Waals surface area contributed by atoms with Crippen molar-refractivity contribution in [2.24, 2.45) is 10.7 Å². The molecular formula is C20H33N3O5S4. The van der Waals surface area contributed by atoms with E-state index in [1.165, 1.54) is 36.6 Å². The number of hydrogen-bond donors (Lipinski definition) is 1. The van der Waals surface area contributed by atoms with Gasteiger partial charge in [0.15, 0.2) is 5.12 Å². The molecule has 0 saturated carbocycles. The van der Waals surface area contributed by atoms with Crippen molar-refractivity contribution < 1.29 is 24.0 Å². The van der Waals surface area contributed by atoms with Gasteiger partial charge >= 0.3 is 5.97 Å². The maximum Gasteiger partial charge on any atom is 0.334 e.